The van der Waals surface area contributed by atoms with Gasteiger partial charge in [-0.15, -0.1) is 0 Å². The lowest BCUT2D eigenvalue weighted by Gasteiger charge is -2.18. The third-order valence-corrected chi connectivity index (χ3v) is 8.50. The Balaban J connectivity index is 1.34. The van der Waals surface area contributed by atoms with Crippen molar-refractivity contribution >= 4 is 75.8 Å². The molecule has 0 amide bonds. The first-order valence-corrected chi connectivity index (χ1v) is 15.2. The molecule has 1 nitrogen and oxygen atoms in total. The van der Waals surface area contributed by atoms with Crippen LogP contribution < -0.4 is 0 Å². The summed E-state index contributed by atoms with van der Waals surface area (Å²) in [5.74, 6) is 0. The average Bonchev–Trinajstić information content (AvgIpc) is 3.42. The van der Waals surface area contributed by atoms with E-state index in [0.29, 0.717) is 0 Å². The minimum Gasteiger partial charge on any atom is -0.455 e. The predicted octanol–water partition coefficient (Wildman–Crippen LogP) is 14.4. The van der Waals surface area contributed by atoms with E-state index in [1.807, 2.05) is 0 Å². The van der Waals surface area contributed by atoms with Gasteiger partial charge in [0.1, 0.15) is 11.2 Å². The Kier molecular flexibility index (Phi) is 2.50. The second-order valence-electron chi connectivity index (χ2n) is 11.3. The Morgan fingerprint density at radius 2 is 0.804 bits per heavy atom. The lowest BCUT2D eigenvalue weighted by Crippen LogP contribution is -1.91. The molecule has 0 aliphatic rings. The molecule has 0 spiro atoms. The lowest BCUT2D eigenvalue weighted by atomic mass is 9.85. The molecule has 0 N–H and O–H groups in total. The zero-order chi connectivity index (χ0) is 59.6. The Morgan fingerprint density at radius 3 is 1.45 bits per heavy atom. The third kappa shape index (κ3) is 4.28. The molecule has 51 heavy (non-hydrogen) atoms. The van der Waals surface area contributed by atoms with Crippen LogP contribution in [0.15, 0.2) is 186 Å². The highest BCUT2D eigenvalue weighted by molar-refractivity contribution is 6.22. The first-order chi connectivity index (χ1) is 37.8. The van der Waals surface area contributed by atoms with Crippen LogP contribution >= 0.6 is 0 Å². The van der Waals surface area contributed by atoms with Crippen molar-refractivity contribution in [2.24, 2.45) is 0 Å². The fourth-order valence-corrected chi connectivity index (χ4v) is 6.31. The van der Waals surface area contributed by atoms with Gasteiger partial charge in [-0.1, -0.05) is 151 Å². The van der Waals surface area contributed by atoms with Gasteiger partial charge in [0, 0.05) is 16.2 Å². The summed E-state index contributed by atoms with van der Waals surface area (Å²) < 4.78 is 278. The van der Waals surface area contributed by atoms with Crippen LogP contribution in [-0.4, -0.2) is 0 Å². The number of hydrogen-bond donors (Lipinski definition) is 0. The molecule has 11 aromatic rings. The van der Waals surface area contributed by atoms with Crippen LogP contribution in [0.5, 0.6) is 0 Å². The first kappa shape index (κ1) is 11.7. The molecule has 1 heterocycles. The van der Waals surface area contributed by atoms with Gasteiger partial charge < -0.3 is 4.42 Å². The standard InChI is InChI=1S/C50H30O/c1-2-12-33-29-37(24-20-31(33)10-1)47-41-14-5-7-16-43(41)48(44-17-8-6-15-42(44)47)38-25-22-34-28-36(23-21-35(34)30-38)39-18-9-19-46-49(39)45-27-26-32-11-3-4-13-40(32)50(45)51-46/h1-30H/i1D,2D,3D,4D,5D,6D,7D,8D,9D,10D,11D,12D,13D,14D,15D,16D,17D,18D,19D,20D,21D,22D,23D,24D,25D,26D,27D,28D,29D,30D. The molecule has 0 unspecified atom stereocenters. The van der Waals surface area contributed by atoms with Crippen LogP contribution in [0.4, 0.5) is 0 Å². The van der Waals surface area contributed by atoms with E-state index in [2.05, 4.69) is 0 Å². The van der Waals surface area contributed by atoms with Gasteiger partial charge in [0.2, 0.25) is 0 Å². The first-order valence-electron chi connectivity index (χ1n) is 30.2. The van der Waals surface area contributed by atoms with Crippen molar-refractivity contribution in [1.29, 1.82) is 0 Å². The highest BCUT2D eigenvalue weighted by Gasteiger charge is 2.18. The predicted molar refractivity (Wildman–Crippen MR) is 218 cm³/mol. The van der Waals surface area contributed by atoms with Gasteiger partial charge in [0.05, 0.1) is 41.1 Å². The molecular formula is C50H30O. The van der Waals surface area contributed by atoms with E-state index in [4.69, 9.17) is 27.7 Å². The van der Waals surface area contributed by atoms with Crippen molar-refractivity contribution in [2.45, 2.75) is 0 Å². The molecule has 0 fully saturated rings. The third-order valence-electron chi connectivity index (χ3n) is 8.50. The highest BCUT2D eigenvalue weighted by Crippen LogP contribution is 2.45. The zero-order valence-electron chi connectivity index (χ0n) is 55.4. The topological polar surface area (TPSA) is 13.1 Å². The maximum absolute atomic E-state index is 9.87. The normalized spacial score (nSPS) is 20.2. The molecule has 10 aromatic carbocycles. The largest absolute Gasteiger partial charge is 0.455 e. The van der Waals surface area contributed by atoms with Crippen molar-refractivity contribution in [3.63, 3.8) is 0 Å². The van der Waals surface area contributed by atoms with Crippen molar-refractivity contribution in [3.8, 4) is 33.4 Å². The van der Waals surface area contributed by atoms with Crippen molar-refractivity contribution in [3.05, 3.63) is 181 Å². The van der Waals surface area contributed by atoms with Gasteiger partial charge in [-0.3, -0.25) is 0 Å². The number of hydrogen-bond acceptors (Lipinski definition) is 1. The molecule has 0 saturated carbocycles. The number of rotatable bonds is 3. The molecule has 11 rings (SSSR count). The smallest absolute Gasteiger partial charge is 0.143 e. The van der Waals surface area contributed by atoms with Gasteiger partial charge >= 0.3 is 0 Å². The van der Waals surface area contributed by atoms with Crippen LogP contribution in [0.2, 0.25) is 0 Å². The summed E-state index contributed by atoms with van der Waals surface area (Å²) in [5, 5.41) is -7.65. The molecule has 1 aromatic heterocycles. The number of furan rings is 1. The fourth-order valence-electron chi connectivity index (χ4n) is 6.31. The van der Waals surface area contributed by atoms with E-state index in [1.165, 1.54) is 0 Å². The van der Waals surface area contributed by atoms with Crippen molar-refractivity contribution in [2.75, 3.05) is 0 Å². The van der Waals surface area contributed by atoms with Gasteiger partial charge in [-0.05, 0) is 112 Å². The lowest BCUT2D eigenvalue weighted by molar-refractivity contribution is 0.673. The van der Waals surface area contributed by atoms with Gasteiger partial charge in [-0.25, -0.2) is 0 Å². The molecule has 236 valence electrons. The minimum absolute atomic E-state index is 0.426. The molecule has 0 aliphatic carbocycles. The Morgan fingerprint density at radius 1 is 0.333 bits per heavy atom. The minimum atomic E-state index is -1.10. The average molecular weight is 677 g/mol. The highest BCUT2D eigenvalue weighted by atomic mass is 16.3. The van der Waals surface area contributed by atoms with E-state index in [9.17, 15) is 17.8 Å². The van der Waals surface area contributed by atoms with Crippen LogP contribution in [0.3, 0.4) is 0 Å². The van der Waals surface area contributed by atoms with E-state index < -0.39 is 290 Å². The van der Waals surface area contributed by atoms with Gasteiger partial charge in [-0.2, -0.15) is 0 Å². The second kappa shape index (κ2) is 10.9. The second-order valence-corrected chi connectivity index (χ2v) is 11.3. The van der Waals surface area contributed by atoms with Crippen LogP contribution in [0, 0.1) is 0 Å². The summed E-state index contributed by atoms with van der Waals surface area (Å²) in [6, 6.07) is -27.7. The Labute approximate surface area is 336 Å². The molecular weight excluding hydrogens is 617 g/mol. The van der Waals surface area contributed by atoms with Crippen molar-refractivity contribution < 1.29 is 45.5 Å². The number of benzene rings is 10. The van der Waals surface area contributed by atoms with Crippen LogP contribution in [-0.2, 0) is 0 Å². The zero-order valence-corrected chi connectivity index (χ0v) is 25.4. The summed E-state index contributed by atoms with van der Waals surface area (Å²) in [5.41, 5.74) is -5.70. The van der Waals surface area contributed by atoms with E-state index in [-0.39, 0.29) is 0 Å². The van der Waals surface area contributed by atoms with Crippen LogP contribution in [0.25, 0.3) is 109 Å². The van der Waals surface area contributed by atoms with Crippen LogP contribution in [0.1, 0.15) is 41.1 Å². The summed E-state index contributed by atoms with van der Waals surface area (Å²) in [6.07, 6.45) is 0. The van der Waals surface area contributed by atoms with E-state index >= 15 is 0 Å². The maximum atomic E-state index is 9.87. The molecule has 1 heteroatoms. The molecule has 0 aliphatic heterocycles. The summed E-state index contributed by atoms with van der Waals surface area (Å²) in [6.45, 7) is 0. The summed E-state index contributed by atoms with van der Waals surface area (Å²) >= 11 is 0. The van der Waals surface area contributed by atoms with Gasteiger partial charge in [0.25, 0.3) is 0 Å². The molecule has 0 saturated heterocycles. The number of fused-ring (bicyclic) bond motifs is 9. The fraction of sp³-hybridized carbons (Fsp3) is 0. The molecule has 0 bridgehead atoms. The summed E-state index contributed by atoms with van der Waals surface area (Å²) in [7, 11) is 0. The van der Waals surface area contributed by atoms with Crippen molar-refractivity contribution in [1.82, 2.24) is 0 Å². The van der Waals surface area contributed by atoms with E-state index in [1.54, 1.807) is 0 Å². The maximum Gasteiger partial charge on any atom is 0.143 e. The Bertz CT molecular complexity index is 4850. The monoisotopic (exact) mass is 676 g/mol. The molecule has 0 atom stereocenters. The Hall–Kier alpha value is -6.70. The van der Waals surface area contributed by atoms with Gasteiger partial charge in [0.15, 0.2) is 0 Å². The summed E-state index contributed by atoms with van der Waals surface area (Å²) in [4.78, 5) is 0. The SMILES string of the molecule is [2H]c1c([2H])c(-c2c([2H])c([2H])c3c([2H])c(-c4c5c([2H])c([2H])c([2H])c([2H])c5c(-c5c([2H])c([2H])c6c([2H])c([2H])c([2H])c([2H])c6c5[2H])c5c([2H])c([2H])c([2H])c([2H])c45)c([2H])c([2H])c3c2[2H])c2c(oc3c4c([2H])c([2H])c([2H])c([2H])c4c([2H])c([2H])c32)c1[2H]. The van der Waals surface area contributed by atoms with E-state index in [0.717, 1.165) is 0 Å². The quantitative estimate of drug-likeness (QED) is 0.170. The molecule has 0 radical (unpaired) electrons.